The summed E-state index contributed by atoms with van der Waals surface area (Å²) < 4.78 is 154. The van der Waals surface area contributed by atoms with Gasteiger partial charge < -0.3 is 11.5 Å². The Morgan fingerprint density at radius 3 is 1.37 bits per heavy atom. The Balaban J connectivity index is 0.000000161. The molecule has 4 N–H and O–H groups in total. The molecule has 5 heterocycles. The van der Waals surface area contributed by atoms with Crippen molar-refractivity contribution in [3.05, 3.63) is 265 Å². The van der Waals surface area contributed by atoms with E-state index < -0.39 is 58.2 Å². The molecule has 0 fully saturated rings. The highest BCUT2D eigenvalue weighted by Crippen LogP contribution is 2.28. The highest BCUT2D eigenvalue weighted by molar-refractivity contribution is 9.11. The molecule has 86 heavy (non-hydrogen) atoms. The SMILES string of the molecule is Cc1ccc2c(F)c(F)cc(Br)c2n1.Cc1ccc2c(F)c(F)ccc2n1.Fc1ccc2nc(CBr)ccc2c1.Fc1ccc2nc(CBr)ccc2c1F.Fc1cccc2nc(CBr)ccc12.Nc1cc(F)c(F)cc1Br.Nc1ccc(F)c(F)c1. The minimum absolute atomic E-state index is 0.193. The lowest BCUT2D eigenvalue weighted by molar-refractivity contribution is 0.508. The predicted molar refractivity (Wildman–Crippen MR) is 333 cm³/mol. The lowest BCUT2D eigenvalue weighted by atomic mass is 10.2. The molecule has 12 aromatic rings. The van der Waals surface area contributed by atoms with E-state index in [-0.39, 0.29) is 39.2 Å². The van der Waals surface area contributed by atoms with Gasteiger partial charge in [0.25, 0.3) is 0 Å². The molecular weight excluding hydrogens is 1470 g/mol. The number of aryl methyl sites for hydroxylation is 2. The van der Waals surface area contributed by atoms with Crippen molar-refractivity contribution in [2.24, 2.45) is 0 Å². The molecule has 0 aliphatic rings. The van der Waals surface area contributed by atoms with Crippen LogP contribution in [-0.4, -0.2) is 24.9 Å². The Morgan fingerprint density at radius 2 is 0.802 bits per heavy atom. The molecule has 12 rings (SSSR count). The number of fused-ring (bicyclic) bond motifs is 5. The Labute approximate surface area is 525 Å². The fourth-order valence-electron chi connectivity index (χ4n) is 7.29. The normalized spacial score (nSPS) is 10.5. The van der Waals surface area contributed by atoms with Gasteiger partial charge in [0.05, 0.1) is 44.7 Å². The minimum Gasteiger partial charge on any atom is -0.399 e. The number of nitrogen functional groups attached to an aromatic ring is 2. The van der Waals surface area contributed by atoms with E-state index in [9.17, 15) is 52.7 Å². The molecule has 0 radical (unpaired) electrons. The van der Waals surface area contributed by atoms with E-state index in [1.165, 1.54) is 54.6 Å². The van der Waals surface area contributed by atoms with Crippen LogP contribution in [0.3, 0.4) is 0 Å². The first-order chi connectivity index (χ1) is 40.9. The van der Waals surface area contributed by atoms with Crippen molar-refractivity contribution >= 4 is 146 Å². The number of nitrogens with two attached hydrogens (primary N) is 2. The average Bonchev–Trinajstić information content (AvgIpc) is 2.18. The van der Waals surface area contributed by atoms with Crippen LogP contribution in [0.5, 0.6) is 0 Å². The number of alkyl halides is 3. The van der Waals surface area contributed by atoms with E-state index in [4.69, 9.17) is 11.5 Å². The fourth-order valence-corrected chi connectivity index (χ4v) is 9.04. The minimum atomic E-state index is -0.930. The van der Waals surface area contributed by atoms with Gasteiger partial charge in [-0.1, -0.05) is 59.9 Å². The molecule has 7 aromatic carbocycles. The molecule has 0 spiro atoms. The Bertz CT molecular complexity index is 4310. The summed E-state index contributed by atoms with van der Waals surface area (Å²) in [6.07, 6.45) is 0. The zero-order valence-electron chi connectivity index (χ0n) is 44.4. The van der Waals surface area contributed by atoms with Gasteiger partial charge in [-0.15, -0.1) is 0 Å². The predicted octanol–water partition coefficient (Wildman–Crippen LogP) is 20.2. The lowest BCUT2D eigenvalue weighted by Crippen LogP contribution is -1.91. The van der Waals surface area contributed by atoms with Crippen molar-refractivity contribution < 1.29 is 52.7 Å². The van der Waals surface area contributed by atoms with Crippen LogP contribution in [0.1, 0.15) is 28.5 Å². The topological polar surface area (TPSA) is 116 Å². The Morgan fingerprint density at radius 1 is 0.349 bits per heavy atom. The first kappa shape index (κ1) is 67.9. The molecule has 5 aromatic heterocycles. The fraction of sp³-hybridized carbons (Fsp3) is 0.0806. The number of halogens is 17. The summed E-state index contributed by atoms with van der Waals surface area (Å²) in [7, 11) is 0. The highest BCUT2D eigenvalue weighted by Gasteiger charge is 2.13. The van der Waals surface area contributed by atoms with Crippen LogP contribution >= 0.6 is 79.6 Å². The number of pyridine rings is 5. The largest absolute Gasteiger partial charge is 0.399 e. The van der Waals surface area contributed by atoms with Gasteiger partial charge >= 0.3 is 0 Å². The molecule has 0 aliphatic carbocycles. The zero-order valence-corrected chi connectivity index (χ0v) is 52.4. The van der Waals surface area contributed by atoms with Crippen LogP contribution in [0.25, 0.3) is 54.5 Å². The monoisotopic (exact) mass is 1510 g/mol. The number of rotatable bonds is 3. The van der Waals surface area contributed by atoms with Crippen molar-refractivity contribution in [2.75, 3.05) is 11.5 Å². The second kappa shape index (κ2) is 31.9. The number of hydrogen-bond donors (Lipinski definition) is 2. The second-order valence-corrected chi connectivity index (χ2v) is 21.1. The highest BCUT2D eigenvalue weighted by atomic mass is 79.9. The van der Waals surface area contributed by atoms with Crippen molar-refractivity contribution in [1.29, 1.82) is 0 Å². The summed E-state index contributed by atoms with van der Waals surface area (Å²) in [4.78, 5) is 20.9. The van der Waals surface area contributed by atoms with Gasteiger partial charge in [-0.2, -0.15) is 0 Å². The van der Waals surface area contributed by atoms with E-state index in [2.05, 4.69) is 105 Å². The lowest BCUT2D eigenvalue weighted by Gasteiger charge is -2.03. The van der Waals surface area contributed by atoms with Gasteiger partial charge in [0.1, 0.15) is 11.6 Å². The maximum absolute atomic E-state index is 13.3. The summed E-state index contributed by atoms with van der Waals surface area (Å²) in [5.74, 6) is -9.11. The number of hydrogen-bond acceptors (Lipinski definition) is 7. The zero-order chi connectivity index (χ0) is 62.9. The van der Waals surface area contributed by atoms with Crippen LogP contribution in [-0.2, 0) is 16.0 Å². The molecule has 7 nitrogen and oxygen atoms in total. The number of anilines is 2. The molecule has 0 amide bonds. The standard InChI is InChI=1S/2C10H6BrF2N.2C10H7BrFN.C10H7F2N.C6H4BrF2N.C6H5F2N/c1-5-2-3-6-9(13)8(12)4-7(11)10(6)14-5;11-5-6-1-2-7-9(14-6)4-3-8(12)10(7)13;11-6-9-3-1-7-5-8(12)2-4-10(7)13-9;11-6-7-4-5-8-9(12)2-1-3-10(8)13-7;1-6-2-3-7-9(13-6)5-4-8(11)10(7)12;7-3-1-4(8)5(9)2-6(3)10;7-5-2-1-4(9)3-6(5)8/h2-4H,1H3;1-4H,5H2;2*1-5H,6H2;2-5H,1H3;1-2H,10H2;1-3H,9H2. The molecule has 0 saturated heterocycles. The summed E-state index contributed by atoms with van der Waals surface area (Å²) in [5.41, 5.74) is 17.9. The van der Waals surface area contributed by atoms with Crippen LogP contribution in [0.4, 0.5) is 64.1 Å². The van der Waals surface area contributed by atoms with Gasteiger partial charge in [-0.05, 0) is 185 Å². The van der Waals surface area contributed by atoms with Crippen LogP contribution in [0.15, 0.2) is 167 Å². The molecule has 0 unspecified atom stereocenters. The quantitative estimate of drug-likeness (QED) is 0.0783. The summed E-state index contributed by atoms with van der Waals surface area (Å²) in [5, 5.41) is 4.07. The van der Waals surface area contributed by atoms with E-state index in [0.29, 0.717) is 47.1 Å². The Hall–Kier alpha value is -7.25. The molecule has 24 heteroatoms. The first-order valence-corrected chi connectivity index (χ1v) is 29.6. The van der Waals surface area contributed by atoms with E-state index in [0.717, 1.165) is 87.2 Å². The van der Waals surface area contributed by atoms with Crippen LogP contribution in [0, 0.1) is 83.7 Å². The van der Waals surface area contributed by atoms with Crippen molar-refractivity contribution in [3.8, 4) is 0 Å². The summed E-state index contributed by atoms with van der Waals surface area (Å²) >= 11 is 16.0. The number of benzene rings is 7. The average molecular weight is 1510 g/mol. The third-order valence-electron chi connectivity index (χ3n) is 11.5. The molecule has 0 atom stereocenters. The van der Waals surface area contributed by atoms with Crippen molar-refractivity contribution in [1.82, 2.24) is 24.9 Å². The van der Waals surface area contributed by atoms with Crippen molar-refractivity contribution in [2.45, 2.75) is 29.8 Å². The van der Waals surface area contributed by atoms with E-state index in [1.807, 2.05) is 24.3 Å². The smallest absolute Gasteiger partial charge is 0.168 e. The van der Waals surface area contributed by atoms with Gasteiger partial charge in [-0.3, -0.25) is 24.9 Å². The molecule has 444 valence electrons. The maximum atomic E-state index is 13.3. The molecular formula is C62H42Br5F12N7. The molecule has 0 saturated carbocycles. The van der Waals surface area contributed by atoms with Gasteiger partial charge in [0.2, 0.25) is 0 Å². The molecule has 0 aliphatic heterocycles. The number of aromatic nitrogens is 5. The van der Waals surface area contributed by atoms with Gasteiger partial charge in [0, 0.05) is 80.7 Å². The second-order valence-electron chi connectivity index (χ2n) is 17.7. The van der Waals surface area contributed by atoms with Crippen LogP contribution < -0.4 is 11.5 Å². The van der Waals surface area contributed by atoms with Gasteiger partial charge in [0.15, 0.2) is 58.2 Å². The summed E-state index contributed by atoms with van der Waals surface area (Å²) in [6, 6.07) is 37.8. The van der Waals surface area contributed by atoms with E-state index in [1.54, 1.807) is 50.2 Å². The third kappa shape index (κ3) is 18.6. The first-order valence-electron chi connectivity index (χ1n) is 24.6. The number of nitrogens with zero attached hydrogens (tertiary/aromatic N) is 5. The van der Waals surface area contributed by atoms with Gasteiger partial charge in [-0.25, -0.2) is 52.7 Å². The van der Waals surface area contributed by atoms with Crippen molar-refractivity contribution in [3.63, 3.8) is 0 Å². The Kier molecular flexibility index (Phi) is 25.2. The molecule has 0 bridgehead atoms. The third-order valence-corrected chi connectivity index (χ3v) is 14.5. The summed E-state index contributed by atoms with van der Waals surface area (Å²) in [6.45, 7) is 3.61. The maximum Gasteiger partial charge on any atom is 0.168 e. The van der Waals surface area contributed by atoms with Crippen LogP contribution in [0.2, 0.25) is 0 Å². The van der Waals surface area contributed by atoms with E-state index >= 15 is 0 Å².